The SMILES string of the molecule is COC(=O)C(Cc1ccc(OCCc2ccc3c(n2)NCCC3)cn1)NC(=O)OC(C)(C)C. The lowest BCUT2D eigenvalue weighted by atomic mass is 10.1. The number of amides is 1. The monoisotopic (exact) mass is 456 g/mol. The summed E-state index contributed by atoms with van der Waals surface area (Å²) in [6.45, 7) is 6.68. The number of ether oxygens (including phenoxy) is 3. The van der Waals surface area contributed by atoms with Gasteiger partial charge in [0, 0.05) is 30.8 Å². The molecule has 9 nitrogen and oxygen atoms in total. The summed E-state index contributed by atoms with van der Waals surface area (Å²) < 4.78 is 15.8. The third-order valence-corrected chi connectivity index (χ3v) is 4.97. The van der Waals surface area contributed by atoms with Crippen molar-refractivity contribution >= 4 is 17.9 Å². The number of hydrogen-bond donors (Lipinski definition) is 2. The van der Waals surface area contributed by atoms with E-state index in [2.05, 4.69) is 26.7 Å². The molecule has 1 aliphatic rings. The number of carbonyl (C=O) groups excluding carboxylic acids is 2. The molecular formula is C24H32N4O5. The van der Waals surface area contributed by atoms with Crippen LogP contribution in [0, 0.1) is 0 Å². The summed E-state index contributed by atoms with van der Waals surface area (Å²) in [5.74, 6) is 1.02. The third kappa shape index (κ3) is 7.62. The molecule has 0 aliphatic carbocycles. The lowest BCUT2D eigenvalue weighted by Crippen LogP contribution is -2.45. The van der Waals surface area contributed by atoms with Crippen molar-refractivity contribution in [1.82, 2.24) is 15.3 Å². The highest BCUT2D eigenvalue weighted by Gasteiger charge is 2.25. The molecule has 1 unspecified atom stereocenters. The summed E-state index contributed by atoms with van der Waals surface area (Å²) in [6, 6.07) is 6.80. The van der Waals surface area contributed by atoms with Gasteiger partial charge >= 0.3 is 12.1 Å². The Morgan fingerprint density at radius 2 is 1.97 bits per heavy atom. The maximum atomic E-state index is 12.1. The molecule has 0 bridgehead atoms. The van der Waals surface area contributed by atoms with Crippen molar-refractivity contribution in [2.45, 2.75) is 58.1 Å². The molecule has 3 heterocycles. The van der Waals surface area contributed by atoms with Crippen molar-refractivity contribution in [3.05, 3.63) is 47.4 Å². The normalized spacial score (nSPS) is 13.8. The molecule has 9 heteroatoms. The molecule has 2 aromatic rings. The number of alkyl carbamates (subject to hydrolysis) is 1. The number of nitrogens with zero attached hydrogens (tertiary/aromatic N) is 2. The molecule has 33 heavy (non-hydrogen) atoms. The van der Waals surface area contributed by atoms with Crippen molar-refractivity contribution in [3.63, 3.8) is 0 Å². The Morgan fingerprint density at radius 3 is 2.67 bits per heavy atom. The second-order valence-electron chi connectivity index (χ2n) is 8.85. The number of carbonyl (C=O) groups is 2. The first-order chi connectivity index (χ1) is 15.7. The Balaban J connectivity index is 1.51. The van der Waals surface area contributed by atoms with Gasteiger partial charge in [0.2, 0.25) is 0 Å². The fourth-order valence-electron chi connectivity index (χ4n) is 3.39. The summed E-state index contributed by atoms with van der Waals surface area (Å²) in [5, 5.41) is 5.88. The van der Waals surface area contributed by atoms with Crippen molar-refractivity contribution in [3.8, 4) is 5.75 Å². The maximum Gasteiger partial charge on any atom is 0.408 e. The Morgan fingerprint density at radius 1 is 1.18 bits per heavy atom. The van der Waals surface area contributed by atoms with E-state index in [1.807, 2.05) is 6.07 Å². The molecular weight excluding hydrogens is 424 g/mol. The second kappa shape index (κ2) is 11.0. The quantitative estimate of drug-likeness (QED) is 0.583. The van der Waals surface area contributed by atoms with E-state index in [4.69, 9.17) is 14.2 Å². The Kier molecular flexibility index (Phi) is 8.08. The van der Waals surface area contributed by atoms with E-state index < -0.39 is 23.7 Å². The highest BCUT2D eigenvalue weighted by atomic mass is 16.6. The van der Waals surface area contributed by atoms with Gasteiger partial charge in [-0.15, -0.1) is 0 Å². The van der Waals surface area contributed by atoms with E-state index >= 15 is 0 Å². The van der Waals surface area contributed by atoms with Crippen LogP contribution in [0.25, 0.3) is 0 Å². The van der Waals surface area contributed by atoms with Gasteiger partial charge in [0.15, 0.2) is 0 Å². The van der Waals surface area contributed by atoms with E-state index in [-0.39, 0.29) is 6.42 Å². The van der Waals surface area contributed by atoms with Gasteiger partial charge in [-0.1, -0.05) is 6.07 Å². The predicted octanol–water partition coefficient (Wildman–Crippen LogP) is 3.07. The molecule has 3 rings (SSSR count). The summed E-state index contributed by atoms with van der Waals surface area (Å²) in [5.41, 5.74) is 2.17. The lowest BCUT2D eigenvalue weighted by Gasteiger charge is -2.22. The zero-order valence-corrected chi connectivity index (χ0v) is 19.6. The van der Waals surface area contributed by atoms with Gasteiger partial charge in [-0.25, -0.2) is 14.6 Å². The zero-order valence-electron chi connectivity index (χ0n) is 19.6. The van der Waals surface area contributed by atoms with Crippen molar-refractivity contribution < 1.29 is 23.8 Å². The fourth-order valence-corrected chi connectivity index (χ4v) is 3.39. The number of pyridine rings is 2. The van der Waals surface area contributed by atoms with Gasteiger partial charge in [0.05, 0.1) is 19.9 Å². The molecule has 0 spiro atoms. The number of fused-ring (bicyclic) bond motifs is 1. The first kappa shape index (κ1) is 24.3. The fraction of sp³-hybridized carbons (Fsp3) is 0.500. The van der Waals surface area contributed by atoms with E-state index in [1.54, 1.807) is 39.1 Å². The maximum absolute atomic E-state index is 12.1. The van der Waals surface area contributed by atoms with Gasteiger partial charge in [0.1, 0.15) is 23.2 Å². The van der Waals surface area contributed by atoms with E-state index in [1.165, 1.54) is 12.7 Å². The number of rotatable bonds is 8. The molecule has 178 valence electrons. The number of hydrogen-bond acceptors (Lipinski definition) is 8. The van der Waals surface area contributed by atoms with Crippen molar-refractivity contribution in [2.75, 3.05) is 25.6 Å². The van der Waals surface area contributed by atoms with Gasteiger partial charge in [-0.2, -0.15) is 0 Å². The number of methoxy groups -OCH3 is 1. The lowest BCUT2D eigenvalue weighted by molar-refractivity contribution is -0.143. The minimum Gasteiger partial charge on any atom is -0.492 e. The molecule has 0 radical (unpaired) electrons. The minimum absolute atomic E-state index is 0.165. The predicted molar refractivity (Wildman–Crippen MR) is 123 cm³/mol. The van der Waals surface area contributed by atoms with Crippen LogP contribution in [-0.2, 0) is 33.5 Å². The summed E-state index contributed by atoms with van der Waals surface area (Å²) in [7, 11) is 1.27. The van der Waals surface area contributed by atoms with Crippen LogP contribution in [0.2, 0.25) is 0 Å². The van der Waals surface area contributed by atoms with Crippen LogP contribution in [0.5, 0.6) is 5.75 Å². The van der Waals surface area contributed by atoms with Gasteiger partial charge < -0.3 is 24.8 Å². The van der Waals surface area contributed by atoms with Crippen LogP contribution < -0.4 is 15.4 Å². The molecule has 0 saturated carbocycles. The first-order valence-corrected chi connectivity index (χ1v) is 11.1. The molecule has 0 saturated heterocycles. The molecule has 2 aromatic heterocycles. The largest absolute Gasteiger partial charge is 0.492 e. The van der Waals surface area contributed by atoms with Crippen molar-refractivity contribution in [1.29, 1.82) is 0 Å². The Hall–Kier alpha value is -3.36. The van der Waals surface area contributed by atoms with Crippen LogP contribution in [0.15, 0.2) is 30.5 Å². The molecule has 1 aliphatic heterocycles. The van der Waals surface area contributed by atoms with Gasteiger partial charge in [-0.3, -0.25) is 4.98 Å². The van der Waals surface area contributed by atoms with Crippen LogP contribution in [0.4, 0.5) is 10.6 Å². The average Bonchev–Trinajstić information content (AvgIpc) is 2.78. The van der Waals surface area contributed by atoms with Crippen LogP contribution >= 0.6 is 0 Å². The molecule has 0 aromatic carbocycles. The minimum atomic E-state index is -0.909. The number of nitrogens with one attached hydrogen (secondary N) is 2. The summed E-state index contributed by atoms with van der Waals surface area (Å²) in [4.78, 5) is 33.2. The Bertz CT molecular complexity index is 956. The first-order valence-electron chi connectivity index (χ1n) is 11.1. The smallest absolute Gasteiger partial charge is 0.408 e. The number of anilines is 1. The van der Waals surface area contributed by atoms with E-state index in [9.17, 15) is 9.59 Å². The summed E-state index contributed by atoms with van der Waals surface area (Å²) in [6.07, 6.45) is 3.95. The molecule has 2 N–H and O–H groups in total. The summed E-state index contributed by atoms with van der Waals surface area (Å²) >= 11 is 0. The van der Waals surface area contributed by atoms with Gasteiger partial charge in [0.25, 0.3) is 0 Å². The number of aromatic nitrogens is 2. The topological polar surface area (TPSA) is 112 Å². The number of esters is 1. The van der Waals surface area contributed by atoms with Crippen LogP contribution in [0.1, 0.15) is 44.1 Å². The standard InChI is InChI=1S/C24H32N4O5/c1-24(2,3)33-23(30)28-20(22(29)31-4)14-18-9-10-19(15-26-18)32-13-11-17-8-7-16-6-5-12-25-21(16)27-17/h7-10,15,20H,5-6,11-14H2,1-4H3,(H,25,27)(H,28,30). The third-order valence-electron chi connectivity index (χ3n) is 4.97. The second-order valence-corrected chi connectivity index (χ2v) is 8.85. The van der Waals surface area contributed by atoms with Crippen molar-refractivity contribution in [2.24, 2.45) is 0 Å². The molecule has 1 atom stereocenters. The number of aryl methyl sites for hydroxylation is 1. The Labute approximate surface area is 194 Å². The van der Waals surface area contributed by atoms with Gasteiger partial charge in [-0.05, 0) is 57.4 Å². The average molecular weight is 457 g/mol. The molecule has 1 amide bonds. The van der Waals surface area contributed by atoms with Crippen LogP contribution in [0.3, 0.4) is 0 Å². The van der Waals surface area contributed by atoms with E-state index in [0.29, 0.717) is 24.5 Å². The van der Waals surface area contributed by atoms with Crippen LogP contribution in [-0.4, -0.2) is 53.9 Å². The highest BCUT2D eigenvalue weighted by Crippen LogP contribution is 2.20. The molecule has 0 fully saturated rings. The highest BCUT2D eigenvalue weighted by molar-refractivity contribution is 5.81. The zero-order chi connectivity index (χ0) is 23.8. The van der Waals surface area contributed by atoms with E-state index in [0.717, 1.165) is 30.9 Å².